The van der Waals surface area contributed by atoms with Crippen LogP contribution in [0.5, 0.6) is 0 Å². The molecular weight excluding hydrogens is 374 g/mol. The van der Waals surface area contributed by atoms with E-state index in [4.69, 9.17) is 22.1 Å². The fourth-order valence-corrected chi connectivity index (χ4v) is 4.33. The number of nitrogens with zero attached hydrogens (tertiary/aromatic N) is 3. The fraction of sp³-hybridized carbons (Fsp3) is 0.529. The molecule has 0 atom stereocenters. The second-order valence-corrected chi connectivity index (χ2v) is 8.10. The summed E-state index contributed by atoms with van der Waals surface area (Å²) >= 11 is 7.61. The first-order valence-electron chi connectivity index (χ1n) is 8.64. The Kier molecular flexibility index (Phi) is 5.93. The van der Waals surface area contributed by atoms with Crippen LogP contribution in [0.2, 0.25) is 5.15 Å². The summed E-state index contributed by atoms with van der Waals surface area (Å²) in [4.78, 5) is 15.1. The predicted molar refractivity (Wildman–Crippen MR) is 103 cm³/mol. The summed E-state index contributed by atoms with van der Waals surface area (Å²) in [6, 6.07) is 2.07. The van der Waals surface area contributed by atoms with E-state index in [-0.39, 0.29) is 12.1 Å². The number of anilines is 1. The lowest BCUT2D eigenvalue weighted by atomic mass is 9.88. The van der Waals surface area contributed by atoms with Crippen molar-refractivity contribution in [2.75, 3.05) is 5.32 Å². The summed E-state index contributed by atoms with van der Waals surface area (Å²) in [5.74, 6) is 0.329. The predicted octanol–water partition coefficient (Wildman–Crippen LogP) is 4.20. The highest BCUT2D eigenvalue weighted by molar-refractivity contribution is 7.14. The molecule has 0 aromatic carbocycles. The van der Waals surface area contributed by atoms with Gasteiger partial charge in [0.25, 0.3) is 0 Å². The van der Waals surface area contributed by atoms with Crippen molar-refractivity contribution in [2.24, 2.45) is 5.73 Å². The quantitative estimate of drug-likeness (QED) is 0.735. The van der Waals surface area contributed by atoms with E-state index in [0.717, 1.165) is 46.9 Å². The molecule has 9 heteroatoms. The van der Waals surface area contributed by atoms with Crippen molar-refractivity contribution in [2.45, 2.75) is 57.6 Å². The van der Waals surface area contributed by atoms with Gasteiger partial charge in [-0.15, -0.1) is 10.2 Å². The molecule has 140 valence electrons. The van der Waals surface area contributed by atoms with Crippen LogP contribution >= 0.6 is 22.9 Å². The van der Waals surface area contributed by atoms with E-state index in [1.165, 1.54) is 0 Å². The second-order valence-electron chi connectivity index (χ2n) is 6.71. The number of amides is 1. The summed E-state index contributed by atoms with van der Waals surface area (Å²) in [7, 11) is 0. The molecule has 3 N–H and O–H groups in total. The van der Waals surface area contributed by atoms with Gasteiger partial charge in [-0.3, -0.25) is 0 Å². The molecule has 0 radical (unpaired) electrons. The number of ether oxygens (including phenoxy) is 1. The SMILES string of the molecule is CC(C)Nc1cc(Cl)ncc1-c1nnc([C@H]2CC[C@H](OC(N)=O)CC2)s1. The average Bonchev–Trinajstić information content (AvgIpc) is 3.04. The van der Waals surface area contributed by atoms with Gasteiger partial charge in [0.15, 0.2) is 5.01 Å². The second kappa shape index (κ2) is 8.18. The van der Waals surface area contributed by atoms with E-state index >= 15 is 0 Å². The molecule has 7 nitrogen and oxygen atoms in total. The Morgan fingerprint density at radius 2 is 2.08 bits per heavy atom. The zero-order chi connectivity index (χ0) is 18.7. The largest absolute Gasteiger partial charge is 0.446 e. The Morgan fingerprint density at radius 3 is 2.73 bits per heavy atom. The molecule has 0 unspecified atom stereocenters. The number of primary amides is 1. The minimum Gasteiger partial charge on any atom is -0.446 e. The Labute approximate surface area is 161 Å². The summed E-state index contributed by atoms with van der Waals surface area (Å²) < 4.78 is 5.09. The van der Waals surface area contributed by atoms with Crippen molar-refractivity contribution >= 4 is 34.7 Å². The third-order valence-electron chi connectivity index (χ3n) is 4.29. The van der Waals surface area contributed by atoms with E-state index < -0.39 is 6.09 Å². The molecule has 1 aliphatic carbocycles. The number of hydrogen-bond donors (Lipinski definition) is 2. The first-order valence-corrected chi connectivity index (χ1v) is 9.83. The summed E-state index contributed by atoms with van der Waals surface area (Å²) in [6.45, 7) is 4.13. The van der Waals surface area contributed by atoms with Crippen LogP contribution in [0.4, 0.5) is 10.5 Å². The molecule has 1 saturated carbocycles. The third-order valence-corrected chi connectivity index (χ3v) is 5.62. The van der Waals surface area contributed by atoms with E-state index in [9.17, 15) is 4.79 Å². The van der Waals surface area contributed by atoms with Gasteiger partial charge in [-0.25, -0.2) is 9.78 Å². The minimum absolute atomic E-state index is 0.0848. The van der Waals surface area contributed by atoms with E-state index in [2.05, 4.69) is 34.3 Å². The molecule has 0 aliphatic heterocycles. The maximum atomic E-state index is 10.9. The average molecular weight is 396 g/mol. The Morgan fingerprint density at radius 1 is 1.35 bits per heavy atom. The molecule has 0 spiro atoms. The standard InChI is InChI=1S/C17H22ClN5O2S/c1-9(2)21-13-7-14(18)20-8-12(13)16-23-22-15(26-16)10-3-5-11(6-4-10)25-17(19)24/h7-11H,3-6H2,1-2H3,(H2,19,24)(H,20,21)/t10-,11-. The zero-order valence-electron chi connectivity index (χ0n) is 14.7. The van der Waals surface area contributed by atoms with Crippen molar-refractivity contribution in [3.8, 4) is 10.6 Å². The van der Waals surface area contributed by atoms with Crippen LogP contribution < -0.4 is 11.1 Å². The van der Waals surface area contributed by atoms with E-state index in [0.29, 0.717) is 11.1 Å². The van der Waals surface area contributed by atoms with Crippen LogP contribution in [-0.4, -0.2) is 33.4 Å². The first-order chi connectivity index (χ1) is 12.4. The van der Waals surface area contributed by atoms with Gasteiger partial charge in [0.2, 0.25) is 0 Å². The maximum absolute atomic E-state index is 10.9. The highest BCUT2D eigenvalue weighted by Gasteiger charge is 2.27. The van der Waals surface area contributed by atoms with Crippen molar-refractivity contribution in [3.63, 3.8) is 0 Å². The van der Waals surface area contributed by atoms with E-state index in [1.54, 1.807) is 17.5 Å². The van der Waals surface area contributed by atoms with Gasteiger partial charge < -0.3 is 15.8 Å². The van der Waals surface area contributed by atoms with Gasteiger partial charge in [0.05, 0.1) is 5.56 Å². The molecule has 2 aromatic heterocycles. The molecule has 1 aliphatic rings. The number of hydrogen-bond acceptors (Lipinski definition) is 7. The number of pyridine rings is 1. The lowest BCUT2D eigenvalue weighted by Crippen LogP contribution is -2.26. The molecule has 0 bridgehead atoms. The zero-order valence-corrected chi connectivity index (χ0v) is 16.3. The number of nitrogens with one attached hydrogen (secondary N) is 1. The van der Waals surface area contributed by atoms with Crippen LogP contribution in [0, 0.1) is 0 Å². The molecule has 2 heterocycles. The smallest absolute Gasteiger partial charge is 0.404 e. The van der Waals surface area contributed by atoms with E-state index in [1.807, 2.05) is 6.07 Å². The number of nitrogens with two attached hydrogens (primary N) is 1. The van der Waals surface area contributed by atoms with Gasteiger partial charge in [-0.05, 0) is 45.6 Å². The van der Waals surface area contributed by atoms with Gasteiger partial charge >= 0.3 is 6.09 Å². The highest BCUT2D eigenvalue weighted by Crippen LogP contribution is 2.39. The summed E-state index contributed by atoms with van der Waals surface area (Å²) in [5.41, 5.74) is 6.90. The molecule has 0 saturated heterocycles. The van der Waals surface area contributed by atoms with Crippen LogP contribution in [0.3, 0.4) is 0 Å². The number of halogens is 1. The lowest BCUT2D eigenvalue weighted by molar-refractivity contribution is 0.0786. The number of carbonyl (C=O) groups is 1. The van der Waals surface area contributed by atoms with Gasteiger partial charge in [0.1, 0.15) is 16.3 Å². The van der Waals surface area contributed by atoms with Gasteiger partial charge in [0, 0.05) is 23.8 Å². The number of carbonyl (C=O) groups excluding carboxylic acids is 1. The van der Waals surface area contributed by atoms with Gasteiger partial charge in [-0.2, -0.15) is 0 Å². The highest BCUT2D eigenvalue weighted by atomic mass is 35.5. The molecular formula is C17H22ClN5O2S. The van der Waals surface area contributed by atoms with Crippen molar-refractivity contribution in [3.05, 3.63) is 22.4 Å². The van der Waals surface area contributed by atoms with Crippen molar-refractivity contribution in [1.29, 1.82) is 0 Å². The number of rotatable bonds is 5. The Bertz CT molecular complexity index is 774. The summed E-state index contributed by atoms with van der Waals surface area (Å²) in [5, 5.41) is 14.4. The Hall–Kier alpha value is -1.93. The lowest BCUT2D eigenvalue weighted by Gasteiger charge is -2.26. The van der Waals surface area contributed by atoms with Crippen molar-refractivity contribution < 1.29 is 9.53 Å². The van der Waals surface area contributed by atoms with Crippen LogP contribution in [0.15, 0.2) is 12.3 Å². The minimum atomic E-state index is -0.702. The maximum Gasteiger partial charge on any atom is 0.404 e. The molecule has 3 rings (SSSR count). The number of aromatic nitrogens is 3. The molecule has 1 amide bonds. The van der Waals surface area contributed by atoms with Crippen LogP contribution in [0.1, 0.15) is 50.5 Å². The topological polar surface area (TPSA) is 103 Å². The van der Waals surface area contributed by atoms with Crippen molar-refractivity contribution in [1.82, 2.24) is 15.2 Å². The monoisotopic (exact) mass is 395 g/mol. The normalized spacial score (nSPS) is 20.2. The molecule has 2 aromatic rings. The molecule has 26 heavy (non-hydrogen) atoms. The van der Waals surface area contributed by atoms with Crippen LogP contribution in [0.25, 0.3) is 10.6 Å². The first kappa shape index (κ1) is 18.8. The molecule has 1 fully saturated rings. The fourth-order valence-electron chi connectivity index (χ4n) is 3.13. The third kappa shape index (κ3) is 4.62. The summed E-state index contributed by atoms with van der Waals surface area (Å²) in [6.07, 6.45) is 4.35. The van der Waals surface area contributed by atoms with Gasteiger partial charge in [-0.1, -0.05) is 22.9 Å². The van der Waals surface area contributed by atoms with Crippen LogP contribution in [-0.2, 0) is 4.74 Å². The Balaban J connectivity index is 1.74.